The second-order valence-corrected chi connectivity index (χ2v) is 5.81. The van der Waals surface area contributed by atoms with Crippen molar-refractivity contribution in [3.8, 4) is 17.3 Å². The van der Waals surface area contributed by atoms with Gasteiger partial charge >= 0.3 is 0 Å². The number of hydrogen-bond donors (Lipinski definition) is 1. The highest BCUT2D eigenvalue weighted by Crippen LogP contribution is 2.21. The minimum Gasteiger partial charge on any atom is -0.475 e. The molecule has 25 heavy (non-hydrogen) atoms. The topological polar surface area (TPSA) is 77.2 Å². The molecule has 3 aromatic rings. The minimum atomic E-state index is -0.301. The zero-order valence-corrected chi connectivity index (χ0v) is 14.4. The molecule has 1 N–H and O–H groups in total. The molecule has 8 heteroatoms. The molecule has 128 valence electrons. The monoisotopic (exact) mass is 377 g/mol. The summed E-state index contributed by atoms with van der Waals surface area (Å²) in [5.74, 6) is 0.685. The van der Waals surface area contributed by atoms with Gasteiger partial charge in [-0.25, -0.2) is 0 Å². The van der Waals surface area contributed by atoms with Crippen molar-refractivity contribution in [3.63, 3.8) is 0 Å². The predicted octanol–water partition coefficient (Wildman–Crippen LogP) is 3.85. The molecule has 0 aliphatic heterocycles. The summed E-state index contributed by atoms with van der Waals surface area (Å²) in [6.07, 6.45) is 1.57. The first-order valence-corrected chi connectivity index (χ1v) is 8.13. The van der Waals surface area contributed by atoms with E-state index in [1.54, 1.807) is 42.7 Å². The van der Waals surface area contributed by atoms with Gasteiger partial charge < -0.3 is 14.5 Å². The van der Waals surface area contributed by atoms with E-state index in [9.17, 15) is 4.79 Å². The number of rotatable bonds is 6. The number of benzene rings is 1. The lowest BCUT2D eigenvalue weighted by Gasteiger charge is -2.08. The Morgan fingerprint density at radius 3 is 2.72 bits per heavy atom. The maximum atomic E-state index is 12.0. The summed E-state index contributed by atoms with van der Waals surface area (Å²) < 4.78 is 10.7. The van der Waals surface area contributed by atoms with Crippen LogP contribution in [-0.4, -0.2) is 29.3 Å². The van der Waals surface area contributed by atoms with Gasteiger partial charge in [0.1, 0.15) is 12.3 Å². The number of halogens is 2. The quantitative estimate of drug-likeness (QED) is 0.660. The third-order valence-corrected chi connectivity index (χ3v) is 3.77. The van der Waals surface area contributed by atoms with Gasteiger partial charge in [-0.15, -0.1) is 10.2 Å². The predicted molar refractivity (Wildman–Crippen MR) is 94.0 cm³/mol. The van der Waals surface area contributed by atoms with Gasteiger partial charge in [0.2, 0.25) is 5.88 Å². The highest BCUT2D eigenvalue weighted by Gasteiger charge is 2.10. The van der Waals surface area contributed by atoms with Gasteiger partial charge in [0.25, 0.3) is 5.91 Å². The number of aromatic nitrogens is 2. The summed E-state index contributed by atoms with van der Waals surface area (Å²) in [6.45, 7) is 0.533. The molecule has 0 aliphatic rings. The number of hydrogen-bond acceptors (Lipinski definition) is 5. The Morgan fingerprint density at radius 2 is 2.04 bits per heavy atom. The van der Waals surface area contributed by atoms with Crippen LogP contribution in [0.3, 0.4) is 0 Å². The van der Waals surface area contributed by atoms with Crippen LogP contribution in [0.4, 0.5) is 0 Å². The zero-order chi connectivity index (χ0) is 17.6. The molecule has 0 fully saturated rings. The average Bonchev–Trinajstić information content (AvgIpc) is 3.13. The smallest absolute Gasteiger partial charge is 0.252 e. The molecule has 0 spiro atoms. The molecule has 1 aromatic carbocycles. The Kier molecular flexibility index (Phi) is 5.53. The lowest BCUT2D eigenvalue weighted by atomic mass is 10.2. The molecule has 0 aliphatic carbocycles. The lowest BCUT2D eigenvalue weighted by molar-refractivity contribution is 0.0946. The van der Waals surface area contributed by atoms with Crippen LogP contribution in [0.2, 0.25) is 10.0 Å². The van der Waals surface area contributed by atoms with E-state index in [1.165, 1.54) is 6.07 Å². The van der Waals surface area contributed by atoms with Crippen molar-refractivity contribution in [3.05, 3.63) is 64.3 Å². The molecule has 0 bridgehead atoms. The maximum absolute atomic E-state index is 12.0. The maximum Gasteiger partial charge on any atom is 0.252 e. The van der Waals surface area contributed by atoms with Gasteiger partial charge in [-0.05, 0) is 36.4 Å². The molecule has 1 amide bonds. The first kappa shape index (κ1) is 17.3. The SMILES string of the molecule is O=C(NCCOc1ccc(-c2ccco2)nn1)c1ccc(Cl)cc1Cl. The van der Waals surface area contributed by atoms with Crippen molar-refractivity contribution in [1.82, 2.24) is 15.5 Å². The normalized spacial score (nSPS) is 10.5. The van der Waals surface area contributed by atoms with Crippen LogP contribution in [0.1, 0.15) is 10.4 Å². The summed E-state index contributed by atoms with van der Waals surface area (Å²) >= 11 is 11.8. The van der Waals surface area contributed by atoms with Gasteiger partial charge in [-0.1, -0.05) is 23.2 Å². The Morgan fingerprint density at radius 1 is 1.16 bits per heavy atom. The van der Waals surface area contributed by atoms with Crippen molar-refractivity contribution in [2.75, 3.05) is 13.2 Å². The summed E-state index contributed by atoms with van der Waals surface area (Å²) in [7, 11) is 0. The second-order valence-electron chi connectivity index (χ2n) is 4.96. The standard InChI is InChI=1S/C17H13Cl2N3O3/c18-11-3-4-12(13(19)10-11)17(23)20-7-9-25-16-6-5-14(21-22-16)15-2-1-8-24-15/h1-6,8,10H,7,9H2,(H,20,23). The number of furan rings is 1. The molecule has 0 radical (unpaired) electrons. The minimum absolute atomic E-state index is 0.242. The molecular weight excluding hydrogens is 365 g/mol. The van der Waals surface area contributed by atoms with Crippen LogP contribution in [0.5, 0.6) is 5.88 Å². The van der Waals surface area contributed by atoms with Gasteiger partial charge in [-0.3, -0.25) is 4.79 Å². The van der Waals surface area contributed by atoms with Crippen LogP contribution in [0.15, 0.2) is 53.1 Å². The fourth-order valence-corrected chi connectivity index (χ4v) is 2.54. The summed E-state index contributed by atoms with van der Waals surface area (Å²) in [5, 5.41) is 11.4. The van der Waals surface area contributed by atoms with Crippen molar-refractivity contribution in [2.24, 2.45) is 0 Å². The fourth-order valence-electron chi connectivity index (χ4n) is 2.04. The van der Waals surface area contributed by atoms with Crippen molar-refractivity contribution in [1.29, 1.82) is 0 Å². The Hall–Kier alpha value is -2.57. The number of nitrogens with one attached hydrogen (secondary N) is 1. The number of nitrogens with zero attached hydrogens (tertiary/aromatic N) is 2. The fraction of sp³-hybridized carbons (Fsp3) is 0.118. The summed E-state index contributed by atoms with van der Waals surface area (Å²) in [5.41, 5.74) is 0.969. The van der Waals surface area contributed by atoms with E-state index in [2.05, 4.69) is 15.5 Å². The van der Waals surface area contributed by atoms with Gasteiger partial charge in [0, 0.05) is 11.1 Å². The molecule has 2 heterocycles. The highest BCUT2D eigenvalue weighted by atomic mass is 35.5. The van der Waals surface area contributed by atoms with Crippen molar-refractivity contribution >= 4 is 29.1 Å². The lowest BCUT2D eigenvalue weighted by Crippen LogP contribution is -2.28. The molecule has 0 saturated carbocycles. The van der Waals surface area contributed by atoms with Crippen LogP contribution in [-0.2, 0) is 0 Å². The number of carbonyl (C=O) groups is 1. The Balaban J connectivity index is 1.47. The van der Waals surface area contributed by atoms with Gasteiger partial charge in [0.05, 0.1) is 23.4 Å². The Bertz CT molecular complexity index is 852. The van der Waals surface area contributed by atoms with E-state index < -0.39 is 0 Å². The first-order valence-electron chi connectivity index (χ1n) is 7.37. The second kappa shape index (κ2) is 8.00. The molecular formula is C17H13Cl2N3O3. The van der Waals surface area contributed by atoms with E-state index >= 15 is 0 Å². The Labute approximate surface area is 153 Å². The van der Waals surface area contributed by atoms with Crippen LogP contribution < -0.4 is 10.1 Å². The molecule has 0 atom stereocenters. The first-order chi connectivity index (χ1) is 12.1. The molecule has 0 unspecified atom stereocenters. The van der Waals surface area contributed by atoms with Crippen molar-refractivity contribution < 1.29 is 13.9 Å². The average molecular weight is 378 g/mol. The van der Waals surface area contributed by atoms with Crippen molar-refractivity contribution in [2.45, 2.75) is 0 Å². The summed E-state index contributed by atoms with van der Waals surface area (Å²) in [4.78, 5) is 12.0. The number of ether oxygens (including phenoxy) is 1. The molecule has 3 rings (SSSR count). The van der Waals surface area contributed by atoms with E-state index in [-0.39, 0.29) is 12.5 Å². The largest absolute Gasteiger partial charge is 0.475 e. The van der Waals surface area contributed by atoms with E-state index in [0.29, 0.717) is 39.5 Å². The third kappa shape index (κ3) is 4.49. The number of amides is 1. The van der Waals surface area contributed by atoms with E-state index in [0.717, 1.165) is 0 Å². The molecule has 2 aromatic heterocycles. The third-order valence-electron chi connectivity index (χ3n) is 3.23. The molecule has 6 nitrogen and oxygen atoms in total. The van der Waals surface area contributed by atoms with Crippen LogP contribution in [0.25, 0.3) is 11.5 Å². The van der Waals surface area contributed by atoms with Gasteiger partial charge in [-0.2, -0.15) is 0 Å². The van der Waals surface area contributed by atoms with E-state index in [1.807, 2.05) is 0 Å². The van der Waals surface area contributed by atoms with Gasteiger partial charge in [0.15, 0.2) is 5.76 Å². The number of carbonyl (C=O) groups excluding carboxylic acids is 1. The van der Waals surface area contributed by atoms with Crippen LogP contribution >= 0.6 is 23.2 Å². The zero-order valence-electron chi connectivity index (χ0n) is 12.9. The molecule has 0 saturated heterocycles. The highest BCUT2D eigenvalue weighted by molar-refractivity contribution is 6.36. The summed E-state index contributed by atoms with van der Waals surface area (Å²) in [6, 6.07) is 11.7. The van der Waals surface area contributed by atoms with E-state index in [4.69, 9.17) is 32.4 Å². The van der Waals surface area contributed by atoms with Crippen LogP contribution in [0, 0.1) is 0 Å².